The van der Waals surface area contributed by atoms with Gasteiger partial charge >= 0.3 is 5.97 Å². The zero-order valence-electron chi connectivity index (χ0n) is 18.5. The van der Waals surface area contributed by atoms with E-state index in [-0.39, 0.29) is 23.0 Å². The molecule has 0 unspecified atom stereocenters. The molecule has 1 amide bonds. The van der Waals surface area contributed by atoms with Crippen LogP contribution in [0.4, 0.5) is 5.69 Å². The van der Waals surface area contributed by atoms with Crippen LogP contribution in [0.2, 0.25) is 0 Å². The summed E-state index contributed by atoms with van der Waals surface area (Å²) in [7, 11) is -3.89. The molecule has 0 aliphatic carbocycles. The summed E-state index contributed by atoms with van der Waals surface area (Å²) in [5.41, 5.74) is 1.50. The molecule has 3 aromatic carbocycles. The lowest BCUT2D eigenvalue weighted by Crippen LogP contribution is -2.31. The lowest BCUT2D eigenvalue weighted by Gasteiger charge is -2.23. The second kappa shape index (κ2) is 10.8. The summed E-state index contributed by atoms with van der Waals surface area (Å²) in [6.45, 7) is 3.31. The van der Waals surface area contributed by atoms with Crippen LogP contribution in [-0.2, 0) is 19.6 Å². The van der Waals surface area contributed by atoms with Crippen molar-refractivity contribution >= 4 is 27.6 Å². The number of rotatable bonds is 9. The number of carbonyl (C=O) groups excluding carboxylic acids is 2. The van der Waals surface area contributed by atoms with E-state index >= 15 is 0 Å². The minimum absolute atomic E-state index is 0.0372. The first-order valence-corrected chi connectivity index (χ1v) is 12.0. The van der Waals surface area contributed by atoms with Gasteiger partial charge in [0, 0.05) is 6.54 Å². The van der Waals surface area contributed by atoms with E-state index in [0.717, 1.165) is 5.56 Å². The molecule has 0 aromatic heterocycles. The largest absolute Gasteiger partial charge is 0.452 e. The van der Waals surface area contributed by atoms with E-state index in [0.29, 0.717) is 5.69 Å². The number of sulfonamides is 1. The number of para-hydroxylation sites is 1. The first kappa shape index (κ1) is 24.0. The number of benzene rings is 3. The number of nitrogens with one attached hydrogen (secondary N) is 1. The summed E-state index contributed by atoms with van der Waals surface area (Å²) in [4.78, 5) is 24.6. The highest BCUT2D eigenvalue weighted by Crippen LogP contribution is 2.24. The Labute approximate surface area is 194 Å². The molecule has 0 saturated carbocycles. The van der Waals surface area contributed by atoms with E-state index in [4.69, 9.17) is 4.74 Å². The smallest absolute Gasteiger partial charge is 0.338 e. The summed E-state index contributed by atoms with van der Waals surface area (Å²) in [6, 6.07) is 23.5. The average molecular weight is 467 g/mol. The van der Waals surface area contributed by atoms with Crippen LogP contribution < -0.4 is 9.62 Å². The van der Waals surface area contributed by atoms with Crippen LogP contribution in [0.25, 0.3) is 0 Å². The Balaban J connectivity index is 1.67. The number of hydrogen-bond acceptors (Lipinski definition) is 5. The van der Waals surface area contributed by atoms with Crippen LogP contribution >= 0.6 is 0 Å². The van der Waals surface area contributed by atoms with Crippen molar-refractivity contribution in [3.63, 3.8) is 0 Å². The highest BCUT2D eigenvalue weighted by atomic mass is 32.2. The predicted octanol–water partition coefficient (Wildman–Crippen LogP) is 3.94. The molecule has 0 aliphatic rings. The third kappa shape index (κ3) is 5.98. The Morgan fingerprint density at radius 2 is 1.58 bits per heavy atom. The number of nitrogens with zero attached hydrogens (tertiary/aromatic N) is 1. The van der Waals surface area contributed by atoms with Gasteiger partial charge in [-0.3, -0.25) is 9.10 Å². The van der Waals surface area contributed by atoms with E-state index in [1.807, 2.05) is 37.3 Å². The number of esters is 1. The van der Waals surface area contributed by atoms with Crippen LogP contribution in [0.5, 0.6) is 0 Å². The van der Waals surface area contributed by atoms with E-state index in [1.54, 1.807) is 37.3 Å². The molecule has 8 heteroatoms. The first-order valence-electron chi connectivity index (χ1n) is 10.5. The Kier molecular flexibility index (Phi) is 7.84. The van der Waals surface area contributed by atoms with Crippen LogP contribution in [0.1, 0.15) is 35.8 Å². The fraction of sp³-hybridized carbons (Fsp3) is 0.200. The zero-order chi connectivity index (χ0) is 23.8. The lowest BCUT2D eigenvalue weighted by molar-refractivity contribution is -0.124. The van der Waals surface area contributed by atoms with E-state index < -0.39 is 28.5 Å². The summed E-state index contributed by atoms with van der Waals surface area (Å²) in [5, 5.41) is 2.76. The predicted molar refractivity (Wildman–Crippen MR) is 126 cm³/mol. The van der Waals surface area contributed by atoms with Crippen molar-refractivity contribution in [3.8, 4) is 0 Å². The van der Waals surface area contributed by atoms with Crippen LogP contribution in [0.3, 0.4) is 0 Å². The molecule has 3 rings (SSSR count). The number of carbonyl (C=O) groups is 2. The lowest BCUT2D eigenvalue weighted by atomic mass is 10.1. The Bertz CT molecular complexity index is 1200. The molecule has 172 valence electrons. The Hall–Kier alpha value is -3.65. The first-order chi connectivity index (χ1) is 15.8. The molecular formula is C25H26N2O5S. The number of hydrogen-bond donors (Lipinski definition) is 1. The van der Waals surface area contributed by atoms with Gasteiger partial charge in [0.2, 0.25) is 0 Å². The molecule has 3 aromatic rings. The SMILES string of the molecule is CCN(c1ccccc1)S(=O)(=O)c1cccc(C(=O)OCC(=O)N[C@@H](C)c2ccccc2)c1. The van der Waals surface area contributed by atoms with Gasteiger partial charge in [-0.1, -0.05) is 54.6 Å². The third-order valence-corrected chi connectivity index (χ3v) is 6.90. The van der Waals surface area contributed by atoms with Gasteiger partial charge in [-0.2, -0.15) is 0 Å². The van der Waals surface area contributed by atoms with Crippen LogP contribution in [0, 0.1) is 0 Å². The van der Waals surface area contributed by atoms with Crippen LogP contribution in [-0.4, -0.2) is 33.4 Å². The summed E-state index contributed by atoms with van der Waals surface area (Å²) in [6.07, 6.45) is 0. The van der Waals surface area contributed by atoms with Gasteiger partial charge in [0.15, 0.2) is 6.61 Å². The summed E-state index contributed by atoms with van der Waals surface area (Å²) in [5.74, 6) is -1.23. The number of amides is 1. The molecule has 33 heavy (non-hydrogen) atoms. The molecular weight excluding hydrogens is 440 g/mol. The van der Waals surface area contributed by atoms with E-state index in [2.05, 4.69) is 5.32 Å². The van der Waals surface area contributed by atoms with Crippen molar-refractivity contribution in [2.75, 3.05) is 17.5 Å². The fourth-order valence-corrected chi connectivity index (χ4v) is 4.84. The third-order valence-electron chi connectivity index (χ3n) is 5.00. The number of anilines is 1. The standard InChI is InChI=1S/C25H26N2O5S/c1-3-27(22-14-8-5-9-15-22)33(30,31)23-16-10-13-21(17-23)25(29)32-18-24(28)26-19(2)20-11-6-4-7-12-20/h4-17,19H,3,18H2,1-2H3,(H,26,28)/t19-/m0/s1. The highest BCUT2D eigenvalue weighted by Gasteiger charge is 2.25. The maximum Gasteiger partial charge on any atom is 0.338 e. The van der Waals surface area contributed by atoms with Gasteiger partial charge in [-0.25, -0.2) is 13.2 Å². The van der Waals surface area contributed by atoms with Crippen LogP contribution in [0.15, 0.2) is 89.8 Å². The van der Waals surface area contributed by atoms with Crippen molar-refractivity contribution < 1.29 is 22.7 Å². The zero-order valence-corrected chi connectivity index (χ0v) is 19.3. The quantitative estimate of drug-likeness (QED) is 0.482. The minimum Gasteiger partial charge on any atom is -0.452 e. The average Bonchev–Trinajstić information content (AvgIpc) is 2.84. The Morgan fingerprint density at radius 3 is 2.21 bits per heavy atom. The van der Waals surface area contributed by atoms with Gasteiger partial charge in [0.1, 0.15) is 0 Å². The molecule has 7 nitrogen and oxygen atoms in total. The highest BCUT2D eigenvalue weighted by molar-refractivity contribution is 7.92. The van der Waals surface area contributed by atoms with Crippen molar-refractivity contribution in [1.29, 1.82) is 0 Å². The molecule has 0 bridgehead atoms. The maximum atomic E-state index is 13.2. The van der Waals surface area contributed by atoms with E-state index in [9.17, 15) is 18.0 Å². The molecule has 0 heterocycles. The topological polar surface area (TPSA) is 92.8 Å². The molecule has 0 saturated heterocycles. The van der Waals surface area contributed by atoms with Crippen molar-refractivity contribution in [1.82, 2.24) is 5.32 Å². The molecule has 0 radical (unpaired) electrons. The van der Waals surface area contributed by atoms with Gasteiger partial charge in [0.05, 0.1) is 22.2 Å². The minimum atomic E-state index is -3.89. The van der Waals surface area contributed by atoms with Crippen molar-refractivity contribution in [2.45, 2.75) is 24.8 Å². The maximum absolute atomic E-state index is 13.2. The van der Waals surface area contributed by atoms with Gasteiger partial charge in [0.25, 0.3) is 15.9 Å². The molecule has 0 fully saturated rings. The second-order valence-electron chi connectivity index (χ2n) is 7.31. The van der Waals surface area contributed by atoms with Gasteiger partial charge in [-0.05, 0) is 49.7 Å². The monoisotopic (exact) mass is 466 g/mol. The fourth-order valence-electron chi connectivity index (χ4n) is 3.32. The molecule has 1 atom stereocenters. The number of ether oxygens (including phenoxy) is 1. The Morgan fingerprint density at radius 1 is 0.939 bits per heavy atom. The van der Waals surface area contributed by atoms with Crippen molar-refractivity contribution in [3.05, 3.63) is 96.1 Å². The second-order valence-corrected chi connectivity index (χ2v) is 9.17. The van der Waals surface area contributed by atoms with Crippen molar-refractivity contribution in [2.24, 2.45) is 0 Å². The summed E-state index contributed by atoms with van der Waals surface area (Å²) >= 11 is 0. The van der Waals surface area contributed by atoms with Gasteiger partial charge in [-0.15, -0.1) is 0 Å². The normalized spacial score (nSPS) is 11.9. The molecule has 1 N–H and O–H groups in total. The molecule has 0 aliphatic heterocycles. The van der Waals surface area contributed by atoms with E-state index in [1.165, 1.54) is 28.6 Å². The molecule has 0 spiro atoms. The summed E-state index contributed by atoms with van der Waals surface area (Å²) < 4.78 is 32.7. The van der Waals surface area contributed by atoms with Gasteiger partial charge < -0.3 is 10.1 Å².